The summed E-state index contributed by atoms with van der Waals surface area (Å²) in [4.78, 5) is 28.1. The van der Waals surface area contributed by atoms with E-state index in [9.17, 15) is 9.59 Å². The van der Waals surface area contributed by atoms with Crippen molar-refractivity contribution in [2.45, 2.75) is 13.5 Å². The van der Waals surface area contributed by atoms with Crippen molar-refractivity contribution in [2.24, 2.45) is 0 Å². The molecule has 2 N–H and O–H groups in total. The number of aromatic nitrogens is 3. The number of aryl methyl sites for hydroxylation is 1. The van der Waals surface area contributed by atoms with Crippen LogP contribution < -0.4 is 10.6 Å². The van der Waals surface area contributed by atoms with Gasteiger partial charge in [-0.15, -0.1) is 5.10 Å². The van der Waals surface area contributed by atoms with Gasteiger partial charge >= 0.3 is 0 Å². The van der Waals surface area contributed by atoms with Crippen molar-refractivity contribution in [3.63, 3.8) is 0 Å². The van der Waals surface area contributed by atoms with E-state index >= 15 is 0 Å². The first-order valence-electron chi connectivity index (χ1n) is 8.27. The lowest BCUT2D eigenvalue weighted by molar-refractivity contribution is 0.0937. The topological polar surface area (TPSA) is 88.9 Å². The summed E-state index contributed by atoms with van der Waals surface area (Å²) in [5.74, 6) is 0.0761. The molecule has 0 atom stereocenters. The van der Waals surface area contributed by atoms with Crippen LogP contribution in [0.1, 0.15) is 32.4 Å². The molecule has 0 bridgehead atoms. The number of nitrogens with zero attached hydrogens (tertiary/aromatic N) is 3. The minimum atomic E-state index is -0.390. The van der Waals surface area contributed by atoms with Crippen LogP contribution in [0, 0.1) is 6.92 Å². The molecule has 0 fully saturated rings. The predicted molar refractivity (Wildman–Crippen MR) is 102 cm³/mol. The quantitative estimate of drug-likeness (QED) is 0.708. The van der Waals surface area contributed by atoms with Gasteiger partial charge in [-0.3, -0.25) is 9.59 Å². The van der Waals surface area contributed by atoms with Crippen LogP contribution in [0.4, 0.5) is 0 Å². The third kappa shape index (κ3) is 4.15. The molecule has 0 aliphatic heterocycles. The molecule has 0 spiro atoms. The summed E-state index contributed by atoms with van der Waals surface area (Å²) >= 11 is 6.19. The molecule has 8 heteroatoms. The van der Waals surface area contributed by atoms with Gasteiger partial charge in [0, 0.05) is 19.2 Å². The molecule has 3 rings (SSSR count). The second-order valence-electron chi connectivity index (χ2n) is 5.80. The zero-order chi connectivity index (χ0) is 19.4. The van der Waals surface area contributed by atoms with Gasteiger partial charge in [0.1, 0.15) is 5.82 Å². The van der Waals surface area contributed by atoms with Gasteiger partial charge in [0.25, 0.3) is 11.8 Å². The predicted octanol–water partition coefficient (Wildman–Crippen LogP) is 2.52. The largest absolute Gasteiger partial charge is 0.355 e. The number of rotatable bonds is 5. The van der Waals surface area contributed by atoms with E-state index in [1.54, 1.807) is 50.4 Å². The SMILES string of the molecule is CNC(=O)c1ccc(CNC(=O)c2nc(C)n(-c3ccccc3Cl)n2)cc1. The third-order valence-corrected chi connectivity index (χ3v) is 4.27. The van der Waals surface area contributed by atoms with Crippen LogP contribution in [0.3, 0.4) is 0 Å². The molecule has 0 saturated heterocycles. The summed E-state index contributed by atoms with van der Waals surface area (Å²) in [5.41, 5.74) is 2.08. The number of para-hydroxylation sites is 1. The molecule has 0 unspecified atom stereocenters. The van der Waals surface area contributed by atoms with Gasteiger partial charge in [-0.2, -0.15) is 0 Å². The maximum atomic E-state index is 12.4. The number of hydrogen-bond acceptors (Lipinski definition) is 4. The van der Waals surface area contributed by atoms with Crippen LogP contribution in [0.2, 0.25) is 5.02 Å². The Balaban J connectivity index is 1.69. The third-order valence-electron chi connectivity index (χ3n) is 3.95. The number of amides is 2. The average Bonchev–Trinajstić information content (AvgIpc) is 3.08. The van der Waals surface area contributed by atoms with Gasteiger partial charge in [0.05, 0.1) is 10.7 Å². The summed E-state index contributed by atoms with van der Waals surface area (Å²) in [6, 6.07) is 14.2. The Labute approximate surface area is 161 Å². The molecule has 0 aliphatic carbocycles. The van der Waals surface area contributed by atoms with Crippen molar-refractivity contribution in [2.75, 3.05) is 7.05 Å². The Morgan fingerprint density at radius 2 is 1.78 bits per heavy atom. The van der Waals surface area contributed by atoms with E-state index in [2.05, 4.69) is 20.7 Å². The molecule has 1 heterocycles. The Kier molecular flexibility index (Phi) is 5.52. The highest BCUT2D eigenvalue weighted by molar-refractivity contribution is 6.32. The van der Waals surface area contributed by atoms with E-state index in [1.807, 2.05) is 12.1 Å². The molecule has 2 amide bonds. The molecule has 2 aromatic carbocycles. The summed E-state index contributed by atoms with van der Waals surface area (Å²) in [6.45, 7) is 2.05. The summed E-state index contributed by atoms with van der Waals surface area (Å²) < 4.78 is 1.54. The Bertz CT molecular complexity index is 982. The molecule has 3 aromatic rings. The second-order valence-corrected chi connectivity index (χ2v) is 6.21. The van der Waals surface area contributed by atoms with Crippen molar-refractivity contribution in [3.8, 4) is 5.69 Å². The fraction of sp³-hybridized carbons (Fsp3) is 0.158. The summed E-state index contributed by atoms with van der Waals surface area (Å²) in [5, 5.41) is 10.1. The standard InChI is InChI=1S/C19H18ClN5O2/c1-12-23-17(24-25(12)16-6-4-3-5-15(16)20)19(27)22-11-13-7-9-14(10-8-13)18(26)21-2/h3-10H,11H2,1-2H3,(H,21,26)(H,22,27). The molecule has 27 heavy (non-hydrogen) atoms. The van der Waals surface area contributed by atoms with Crippen molar-refractivity contribution in [1.82, 2.24) is 25.4 Å². The highest BCUT2D eigenvalue weighted by Crippen LogP contribution is 2.20. The van der Waals surface area contributed by atoms with Gasteiger partial charge in [0.15, 0.2) is 0 Å². The van der Waals surface area contributed by atoms with Crippen molar-refractivity contribution >= 4 is 23.4 Å². The molecule has 0 saturated carbocycles. The maximum absolute atomic E-state index is 12.4. The number of carbonyl (C=O) groups is 2. The first-order chi connectivity index (χ1) is 13.0. The van der Waals surface area contributed by atoms with Crippen molar-refractivity contribution in [1.29, 1.82) is 0 Å². The van der Waals surface area contributed by atoms with E-state index in [1.165, 1.54) is 4.68 Å². The fourth-order valence-corrected chi connectivity index (χ4v) is 2.73. The smallest absolute Gasteiger partial charge is 0.291 e. The zero-order valence-corrected chi connectivity index (χ0v) is 15.6. The first kappa shape index (κ1) is 18.6. The van der Waals surface area contributed by atoms with Gasteiger partial charge in [-0.25, -0.2) is 9.67 Å². The second kappa shape index (κ2) is 8.01. The van der Waals surface area contributed by atoms with Gasteiger partial charge in [0.2, 0.25) is 5.82 Å². The first-order valence-corrected chi connectivity index (χ1v) is 8.65. The molecule has 1 aromatic heterocycles. The lowest BCUT2D eigenvalue weighted by Crippen LogP contribution is -2.24. The Hall–Kier alpha value is -3.19. The number of benzene rings is 2. The minimum absolute atomic E-state index is 0.0643. The van der Waals surface area contributed by atoms with Gasteiger partial charge in [-0.1, -0.05) is 35.9 Å². The normalized spacial score (nSPS) is 10.5. The minimum Gasteiger partial charge on any atom is -0.355 e. The van der Waals surface area contributed by atoms with E-state index < -0.39 is 0 Å². The van der Waals surface area contributed by atoms with Crippen molar-refractivity contribution in [3.05, 3.63) is 76.3 Å². The molecule has 7 nitrogen and oxygen atoms in total. The maximum Gasteiger partial charge on any atom is 0.291 e. The molecule has 0 radical (unpaired) electrons. The van der Waals surface area contributed by atoms with Crippen molar-refractivity contribution < 1.29 is 9.59 Å². The lowest BCUT2D eigenvalue weighted by atomic mass is 10.1. The van der Waals surface area contributed by atoms with Crippen LogP contribution in [0.25, 0.3) is 5.69 Å². The molecule has 0 aliphatic rings. The number of hydrogen-bond donors (Lipinski definition) is 2. The van der Waals surface area contributed by atoms with E-state index in [-0.39, 0.29) is 17.6 Å². The summed E-state index contributed by atoms with van der Waals surface area (Å²) in [7, 11) is 1.58. The highest BCUT2D eigenvalue weighted by atomic mass is 35.5. The molecular weight excluding hydrogens is 366 g/mol. The lowest BCUT2D eigenvalue weighted by Gasteiger charge is -2.05. The zero-order valence-electron chi connectivity index (χ0n) is 14.9. The van der Waals surface area contributed by atoms with Gasteiger partial charge in [-0.05, 0) is 36.8 Å². The van der Waals surface area contributed by atoms with E-state index in [4.69, 9.17) is 11.6 Å². The molecule has 138 valence electrons. The Morgan fingerprint density at radius 1 is 1.07 bits per heavy atom. The van der Waals surface area contributed by atoms with Crippen LogP contribution in [-0.2, 0) is 6.54 Å². The highest BCUT2D eigenvalue weighted by Gasteiger charge is 2.16. The number of carbonyl (C=O) groups excluding carboxylic acids is 2. The fourth-order valence-electron chi connectivity index (χ4n) is 2.52. The summed E-state index contributed by atoms with van der Waals surface area (Å²) in [6.07, 6.45) is 0. The van der Waals surface area contributed by atoms with Crippen LogP contribution in [-0.4, -0.2) is 33.6 Å². The average molecular weight is 384 g/mol. The monoisotopic (exact) mass is 383 g/mol. The van der Waals surface area contributed by atoms with Crippen LogP contribution in [0.15, 0.2) is 48.5 Å². The van der Waals surface area contributed by atoms with Crippen LogP contribution >= 0.6 is 11.6 Å². The van der Waals surface area contributed by atoms with Gasteiger partial charge < -0.3 is 10.6 Å². The Morgan fingerprint density at radius 3 is 2.44 bits per heavy atom. The van der Waals surface area contributed by atoms with E-state index in [0.29, 0.717) is 28.6 Å². The number of halogens is 1. The molecular formula is C19H18ClN5O2. The van der Waals surface area contributed by atoms with E-state index in [0.717, 1.165) is 5.56 Å². The number of nitrogens with one attached hydrogen (secondary N) is 2. The van der Waals surface area contributed by atoms with Crippen LogP contribution in [0.5, 0.6) is 0 Å².